The number of hydrogen-bond acceptors (Lipinski definition) is 2. The van der Waals surface area contributed by atoms with Gasteiger partial charge in [0.2, 0.25) is 0 Å². The number of benzene rings is 1. The lowest BCUT2D eigenvalue weighted by atomic mass is 9.83. The number of ether oxygens (including phenoxy) is 1. The van der Waals surface area contributed by atoms with E-state index in [0.29, 0.717) is 19.4 Å². The monoisotopic (exact) mass is 260 g/mol. The molecule has 1 fully saturated rings. The van der Waals surface area contributed by atoms with Crippen molar-refractivity contribution in [3.63, 3.8) is 0 Å². The Balaban J connectivity index is 1.97. The average Bonchev–Trinajstić information content (AvgIpc) is 2.22. The Morgan fingerprint density at radius 3 is 2.56 bits per heavy atom. The molecule has 0 spiro atoms. The lowest BCUT2D eigenvalue weighted by Crippen LogP contribution is -2.32. The first-order chi connectivity index (χ1) is 8.36. The van der Waals surface area contributed by atoms with E-state index >= 15 is 0 Å². The molecule has 2 rings (SSSR count). The third kappa shape index (κ3) is 2.96. The molecule has 1 aliphatic carbocycles. The molecule has 18 heavy (non-hydrogen) atoms. The second-order valence-electron chi connectivity index (χ2n) is 4.84. The van der Waals surface area contributed by atoms with Crippen molar-refractivity contribution >= 4 is 0 Å². The predicted molar refractivity (Wildman–Crippen MR) is 60.2 cm³/mol. The van der Waals surface area contributed by atoms with Crippen molar-refractivity contribution in [2.45, 2.75) is 31.8 Å². The second kappa shape index (κ2) is 4.80. The summed E-state index contributed by atoms with van der Waals surface area (Å²) < 4.78 is 44.7. The van der Waals surface area contributed by atoms with Gasteiger partial charge in [0.1, 0.15) is 0 Å². The Kier molecular flexibility index (Phi) is 3.52. The number of rotatable bonds is 4. The molecular formula is C13H15F3O2. The van der Waals surface area contributed by atoms with Crippen molar-refractivity contribution < 1.29 is 23.0 Å². The van der Waals surface area contributed by atoms with Gasteiger partial charge in [0.05, 0.1) is 12.7 Å². The maximum Gasteiger partial charge on any atom is 0.270 e. The summed E-state index contributed by atoms with van der Waals surface area (Å²) >= 11 is 0. The van der Waals surface area contributed by atoms with E-state index in [2.05, 4.69) is 0 Å². The molecule has 0 heterocycles. The zero-order valence-electron chi connectivity index (χ0n) is 10.00. The van der Waals surface area contributed by atoms with Crippen LogP contribution in [-0.2, 0) is 5.92 Å². The summed E-state index contributed by atoms with van der Waals surface area (Å²) in [5.41, 5.74) is -0.369. The largest absolute Gasteiger partial charge is 0.490 e. The maximum atomic E-state index is 13.5. The SMILES string of the molecule is CC(F)(F)c1ccc(OC[C@H]2C[C@@H](O)C2)c(F)c1. The molecule has 5 heteroatoms. The number of halogens is 3. The molecule has 0 unspecified atom stereocenters. The van der Waals surface area contributed by atoms with Crippen molar-refractivity contribution in [2.24, 2.45) is 5.92 Å². The average molecular weight is 260 g/mol. The summed E-state index contributed by atoms with van der Waals surface area (Å²) in [6, 6.07) is 3.18. The molecule has 0 aromatic heterocycles. The van der Waals surface area contributed by atoms with Crippen LogP contribution in [0, 0.1) is 11.7 Å². The second-order valence-corrected chi connectivity index (χ2v) is 4.84. The van der Waals surface area contributed by atoms with E-state index in [1.54, 1.807) is 0 Å². The van der Waals surface area contributed by atoms with Gasteiger partial charge in [-0.05, 0) is 37.0 Å². The highest BCUT2D eigenvalue weighted by Crippen LogP contribution is 2.32. The molecule has 1 N–H and O–H groups in total. The minimum atomic E-state index is -3.06. The summed E-state index contributed by atoms with van der Waals surface area (Å²) in [5.74, 6) is -3.65. The smallest absolute Gasteiger partial charge is 0.270 e. The first kappa shape index (κ1) is 13.2. The van der Waals surface area contributed by atoms with Crippen molar-refractivity contribution in [3.05, 3.63) is 29.6 Å². The van der Waals surface area contributed by atoms with Crippen molar-refractivity contribution in [3.8, 4) is 5.75 Å². The lowest BCUT2D eigenvalue weighted by molar-refractivity contribution is 0.0157. The zero-order chi connectivity index (χ0) is 13.3. The van der Waals surface area contributed by atoms with Crippen LogP contribution in [0.4, 0.5) is 13.2 Å². The standard InChI is InChI=1S/C13H15F3O2/c1-13(15,16)9-2-3-12(11(14)6-9)18-7-8-4-10(17)5-8/h2-3,6,8,10,17H,4-5,7H2,1H3/t8-,10+. The molecule has 1 aromatic carbocycles. The Hall–Kier alpha value is -1.23. The Morgan fingerprint density at radius 2 is 2.06 bits per heavy atom. The van der Waals surface area contributed by atoms with Crippen LogP contribution in [0.5, 0.6) is 5.75 Å². The van der Waals surface area contributed by atoms with E-state index in [0.717, 1.165) is 19.1 Å². The third-order valence-corrected chi connectivity index (χ3v) is 3.12. The molecule has 100 valence electrons. The summed E-state index contributed by atoms with van der Waals surface area (Å²) in [4.78, 5) is 0. The minimum absolute atomic E-state index is 0.0237. The zero-order valence-corrected chi connectivity index (χ0v) is 10.00. The fraction of sp³-hybridized carbons (Fsp3) is 0.538. The molecule has 1 aromatic rings. The van der Waals surface area contributed by atoms with Crippen molar-refractivity contribution in [2.75, 3.05) is 6.61 Å². The normalized spacial score (nSPS) is 23.6. The number of aliphatic hydroxyl groups excluding tert-OH is 1. The first-order valence-electron chi connectivity index (χ1n) is 5.85. The van der Waals surface area contributed by atoms with Crippen LogP contribution in [-0.4, -0.2) is 17.8 Å². The van der Waals surface area contributed by atoms with Crippen LogP contribution < -0.4 is 4.74 Å². The third-order valence-electron chi connectivity index (χ3n) is 3.12. The van der Waals surface area contributed by atoms with Gasteiger partial charge in [-0.15, -0.1) is 0 Å². The van der Waals surface area contributed by atoms with E-state index in [9.17, 15) is 13.2 Å². The Bertz CT molecular complexity index is 423. The van der Waals surface area contributed by atoms with E-state index in [1.165, 1.54) is 6.07 Å². The molecule has 0 aliphatic heterocycles. The highest BCUT2D eigenvalue weighted by Gasteiger charge is 2.28. The molecule has 1 saturated carbocycles. The minimum Gasteiger partial charge on any atom is -0.490 e. The van der Waals surface area contributed by atoms with Crippen LogP contribution in [0.3, 0.4) is 0 Å². The fourth-order valence-electron chi connectivity index (χ4n) is 1.94. The fourth-order valence-corrected chi connectivity index (χ4v) is 1.94. The van der Waals surface area contributed by atoms with Gasteiger partial charge in [-0.25, -0.2) is 13.2 Å². The van der Waals surface area contributed by atoms with E-state index in [1.807, 2.05) is 0 Å². The molecule has 0 saturated heterocycles. The van der Waals surface area contributed by atoms with Gasteiger partial charge >= 0.3 is 0 Å². The quantitative estimate of drug-likeness (QED) is 0.901. The van der Waals surface area contributed by atoms with E-state index in [-0.39, 0.29) is 23.3 Å². The Labute approximate surface area is 103 Å². The summed E-state index contributed by atoms with van der Waals surface area (Å²) in [7, 11) is 0. The van der Waals surface area contributed by atoms with Crippen molar-refractivity contribution in [1.82, 2.24) is 0 Å². The topological polar surface area (TPSA) is 29.5 Å². The highest BCUT2D eigenvalue weighted by molar-refractivity contribution is 5.31. The van der Waals surface area contributed by atoms with Crippen molar-refractivity contribution in [1.29, 1.82) is 0 Å². The molecule has 0 bridgehead atoms. The summed E-state index contributed by atoms with van der Waals surface area (Å²) in [6.07, 6.45) is 1.00. The van der Waals surface area contributed by atoms with Gasteiger partial charge in [-0.2, -0.15) is 0 Å². The van der Waals surface area contributed by atoms with E-state index < -0.39 is 11.7 Å². The highest BCUT2D eigenvalue weighted by atomic mass is 19.3. The molecule has 2 nitrogen and oxygen atoms in total. The Morgan fingerprint density at radius 1 is 1.39 bits per heavy atom. The van der Waals surface area contributed by atoms with Crippen LogP contribution in [0.1, 0.15) is 25.3 Å². The lowest BCUT2D eigenvalue weighted by Gasteiger charge is -2.31. The van der Waals surface area contributed by atoms with Gasteiger partial charge in [0.25, 0.3) is 5.92 Å². The maximum absolute atomic E-state index is 13.5. The van der Waals surface area contributed by atoms with Gasteiger partial charge in [-0.1, -0.05) is 0 Å². The number of alkyl halides is 2. The van der Waals surface area contributed by atoms with Crippen LogP contribution in [0.2, 0.25) is 0 Å². The molecule has 1 aliphatic rings. The summed E-state index contributed by atoms with van der Waals surface area (Å²) in [6.45, 7) is 1.02. The number of hydrogen-bond donors (Lipinski definition) is 1. The van der Waals surface area contributed by atoms with Gasteiger partial charge < -0.3 is 9.84 Å². The molecule has 0 amide bonds. The first-order valence-corrected chi connectivity index (χ1v) is 5.85. The summed E-state index contributed by atoms with van der Waals surface area (Å²) in [5, 5.41) is 9.08. The molecule has 0 radical (unpaired) electrons. The van der Waals surface area contributed by atoms with Crippen LogP contribution >= 0.6 is 0 Å². The number of aliphatic hydroxyl groups is 1. The van der Waals surface area contributed by atoms with E-state index in [4.69, 9.17) is 9.84 Å². The van der Waals surface area contributed by atoms with Crippen LogP contribution in [0.25, 0.3) is 0 Å². The van der Waals surface area contributed by atoms with Gasteiger partial charge in [0, 0.05) is 12.5 Å². The molecular weight excluding hydrogens is 245 g/mol. The van der Waals surface area contributed by atoms with Crippen LogP contribution in [0.15, 0.2) is 18.2 Å². The van der Waals surface area contributed by atoms with Gasteiger partial charge in [0.15, 0.2) is 11.6 Å². The van der Waals surface area contributed by atoms with Gasteiger partial charge in [-0.3, -0.25) is 0 Å². The predicted octanol–water partition coefficient (Wildman–Crippen LogP) is 3.09. The molecule has 0 atom stereocenters.